The topological polar surface area (TPSA) is 16.1 Å². The summed E-state index contributed by atoms with van der Waals surface area (Å²) in [7, 11) is 0. The van der Waals surface area contributed by atoms with Crippen molar-refractivity contribution >= 4 is 33.3 Å². The van der Waals surface area contributed by atoms with Crippen molar-refractivity contribution in [1.82, 2.24) is 4.98 Å². The first-order valence-corrected chi connectivity index (χ1v) is 7.50. The zero-order chi connectivity index (χ0) is 12.3. The molecule has 0 bridgehead atoms. The van der Waals surface area contributed by atoms with Crippen LogP contribution in [0.25, 0.3) is 0 Å². The van der Waals surface area contributed by atoms with E-state index in [9.17, 15) is 0 Å². The lowest BCUT2D eigenvalue weighted by molar-refractivity contribution is 0.597. The fourth-order valence-corrected chi connectivity index (χ4v) is 3.07. The average Bonchev–Trinajstić information content (AvgIpc) is 2.78. The van der Waals surface area contributed by atoms with Crippen LogP contribution < -0.4 is 4.90 Å². The van der Waals surface area contributed by atoms with E-state index >= 15 is 0 Å². The van der Waals surface area contributed by atoms with Crippen LogP contribution in [0, 0.1) is 6.92 Å². The number of anilines is 1. The number of hydrogen-bond acceptors (Lipinski definition) is 2. The van der Waals surface area contributed by atoms with Gasteiger partial charge in [-0.2, -0.15) is 0 Å². The van der Waals surface area contributed by atoms with E-state index < -0.39 is 0 Å². The fourth-order valence-electron chi connectivity index (χ4n) is 2.45. The van der Waals surface area contributed by atoms with Crippen LogP contribution in [0.5, 0.6) is 0 Å². The number of nitrogens with zero attached hydrogens (tertiary/aromatic N) is 2. The van der Waals surface area contributed by atoms with Crippen molar-refractivity contribution in [2.24, 2.45) is 0 Å². The van der Waals surface area contributed by atoms with Crippen molar-refractivity contribution < 1.29 is 0 Å². The third-order valence-electron chi connectivity index (χ3n) is 3.38. The molecule has 0 amide bonds. The largest absolute Gasteiger partial charge is 0.353 e. The molecule has 2 nitrogen and oxygen atoms in total. The highest BCUT2D eigenvalue weighted by Gasteiger charge is 2.26. The fraction of sp³-hybridized carbons (Fsp3) is 0.615. The molecule has 94 valence electrons. The lowest BCUT2D eigenvalue weighted by Gasteiger charge is -2.27. The molecule has 2 heterocycles. The summed E-state index contributed by atoms with van der Waals surface area (Å²) in [5.74, 6) is 1.86. The van der Waals surface area contributed by atoms with E-state index in [0.717, 1.165) is 29.1 Å². The monoisotopic (exact) mass is 316 g/mol. The van der Waals surface area contributed by atoms with E-state index in [1.165, 1.54) is 24.8 Å². The van der Waals surface area contributed by atoms with E-state index in [1.807, 2.05) is 12.3 Å². The number of aromatic nitrogens is 1. The third-order valence-corrected chi connectivity index (χ3v) is 4.63. The van der Waals surface area contributed by atoms with Gasteiger partial charge in [0.2, 0.25) is 0 Å². The second-order valence-corrected chi connectivity index (χ2v) is 5.76. The van der Waals surface area contributed by atoms with E-state index in [2.05, 4.69) is 32.7 Å². The standard InChI is InChI=1S/C13H18BrClN2/c1-10-6-8-16-13(12(10)14)17-9-3-5-11(17)4-2-7-15/h6,8,11H,2-5,7,9H2,1H3. The molecule has 1 fully saturated rings. The van der Waals surface area contributed by atoms with Gasteiger partial charge in [0, 0.05) is 24.7 Å². The van der Waals surface area contributed by atoms with Crippen molar-refractivity contribution in [1.29, 1.82) is 0 Å². The maximum Gasteiger partial charge on any atom is 0.143 e. The first-order valence-electron chi connectivity index (χ1n) is 6.17. The molecular formula is C13H18BrClN2. The summed E-state index contributed by atoms with van der Waals surface area (Å²) < 4.78 is 1.14. The Morgan fingerprint density at radius 1 is 1.59 bits per heavy atom. The number of alkyl halides is 1. The van der Waals surface area contributed by atoms with Gasteiger partial charge in [-0.25, -0.2) is 4.98 Å². The third kappa shape index (κ3) is 2.94. The van der Waals surface area contributed by atoms with Gasteiger partial charge in [-0.3, -0.25) is 0 Å². The molecular weight excluding hydrogens is 300 g/mol. The highest BCUT2D eigenvalue weighted by atomic mass is 79.9. The molecule has 1 aromatic heterocycles. The minimum atomic E-state index is 0.611. The molecule has 0 aliphatic carbocycles. The van der Waals surface area contributed by atoms with Crippen LogP contribution in [0.1, 0.15) is 31.2 Å². The number of hydrogen-bond donors (Lipinski definition) is 0. The molecule has 0 saturated carbocycles. The van der Waals surface area contributed by atoms with Crippen molar-refractivity contribution in [3.05, 3.63) is 22.3 Å². The quantitative estimate of drug-likeness (QED) is 0.776. The number of rotatable bonds is 4. The molecule has 1 aromatic rings. The second kappa shape index (κ2) is 6.05. The van der Waals surface area contributed by atoms with Crippen molar-refractivity contribution in [2.45, 2.75) is 38.6 Å². The summed E-state index contributed by atoms with van der Waals surface area (Å²) in [5.41, 5.74) is 1.25. The van der Waals surface area contributed by atoms with Gasteiger partial charge in [0.25, 0.3) is 0 Å². The summed E-state index contributed by atoms with van der Waals surface area (Å²) in [5, 5.41) is 0. The van der Waals surface area contributed by atoms with Crippen LogP contribution >= 0.6 is 27.5 Å². The predicted molar refractivity (Wildman–Crippen MR) is 77.0 cm³/mol. The highest BCUT2D eigenvalue weighted by Crippen LogP contribution is 2.33. The number of pyridine rings is 1. The normalized spacial score (nSPS) is 19.9. The first kappa shape index (κ1) is 13.2. The van der Waals surface area contributed by atoms with Crippen LogP contribution in [0.2, 0.25) is 0 Å². The molecule has 2 rings (SSSR count). The maximum atomic E-state index is 5.79. The zero-order valence-corrected chi connectivity index (χ0v) is 12.5. The molecule has 0 spiro atoms. The Bertz CT molecular complexity index is 384. The van der Waals surface area contributed by atoms with E-state index in [-0.39, 0.29) is 0 Å². The molecule has 1 aliphatic rings. The predicted octanol–water partition coefficient (Wildman–Crippen LogP) is 4.14. The summed E-state index contributed by atoms with van der Waals surface area (Å²) in [4.78, 5) is 6.96. The average molecular weight is 318 g/mol. The van der Waals surface area contributed by atoms with Crippen LogP contribution in [0.15, 0.2) is 16.7 Å². The minimum absolute atomic E-state index is 0.611. The second-order valence-electron chi connectivity index (χ2n) is 4.59. The Labute approximate surface area is 116 Å². The molecule has 0 aromatic carbocycles. The molecule has 0 radical (unpaired) electrons. The summed E-state index contributed by atoms with van der Waals surface area (Å²) >= 11 is 9.44. The van der Waals surface area contributed by atoms with Gasteiger partial charge in [-0.05, 0) is 60.2 Å². The summed E-state index contributed by atoms with van der Waals surface area (Å²) in [6, 6.07) is 2.65. The van der Waals surface area contributed by atoms with E-state index in [4.69, 9.17) is 11.6 Å². The lowest BCUT2D eigenvalue weighted by Crippen LogP contribution is -2.30. The minimum Gasteiger partial charge on any atom is -0.353 e. The maximum absolute atomic E-state index is 5.79. The Balaban J connectivity index is 2.17. The van der Waals surface area contributed by atoms with E-state index in [0.29, 0.717) is 6.04 Å². The smallest absolute Gasteiger partial charge is 0.143 e. The van der Waals surface area contributed by atoms with Crippen molar-refractivity contribution in [3.63, 3.8) is 0 Å². The summed E-state index contributed by atoms with van der Waals surface area (Å²) in [6.07, 6.45) is 6.68. The molecule has 17 heavy (non-hydrogen) atoms. The van der Waals surface area contributed by atoms with Gasteiger partial charge in [0.05, 0.1) is 4.47 Å². The molecule has 1 unspecified atom stereocenters. The van der Waals surface area contributed by atoms with Crippen molar-refractivity contribution in [3.8, 4) is 0 Å². The highest BCUT2D eigenvalue weighted by molar-refractivity contribution is 9.10. The Kier molecular flexibility index (Phi) is 4.69. The summed E-state index contributed by atoms with van der Waals surface area (Å²) in [6.45, 7) is 3.22. The molecule has 1 saturated heterocycles. The molecule has 1 atom stereocenters. The van der Waals surface area contributed by atoms with Gasteiger partial charge < -0.3 is 4.90 Å². The SMILES string of the molecule is Cc1ccnc(N2CCCC2CCCCl)c1Br. The van der Waals surface area contributed by atoms with Crippen LogP contribution in [-0.2, 0) is 0 Å². The van der Waals surface area contributed by atoms with Gasteiger partial charge >= 0.3 is 0 Å². The van der Waals surface area contributed by atoms with Gasteiger partial charge in [-0.15, -0.1) is 11.6 Å². The molecule has 0 N–H and O–H groups in total. The number of halogens is 2. The molecule has 4 heteroatoms. The Morgan fingerprint density at radius 3 is 3.18 bits per heavy atom. The van der Waals surface area contributed by atoms with Gasteiger partial charge in [-0.1, -0.05) is 0 Å². The van der Waals surface area contributed by atoms with Crippen LogP contribution in [0.4, 0.5) is 5.82 Å². The van der Waals surface area contributed by atoms with Gasteiger partial charge in [0.15, 0.2) is 0 Å². The van der Waals surface area contributed by atoms with Crippen LogP contribution in [-0.4, -0.2) is 23.5 Å². The van der Waals surface area contributed by atoms with Crippen molar-refractivity contribution in [2.75, 3.05) is 17.3 Å². The number of aryl methyl sites for hydroxylation is 1. The zero-order valence-electron chi connectivity index (χ0n) is 10.1. The lowest BCUT2D eigenvalue weighted by atomic mass is 10.1. The molecule has 1 aliphatic heterocycles. The van der Waals surface area contributed by atoms with E-state index in [1.54, 1.807) is 0 Å². The van der Waals surface area contributed by atoms with Crippen LogP contribution in [0.3, 0.4) is 0 Å². The Hall–Kier alpha value is -0.280. The first-order chi connectivity index (χ1) is 8.24. The Morgan fingerprint density at radius 2 is 2.41 bits per heavy atom. The van der Waals surface area contributed by atoms with Gasteiger partial charge in [0.1, 0.15) is 5.82 Å².